The fourth-order valence-corrected chi connectivity index (χ4v) is 5.08. The minimum atomic E-state index is -0.885. The molecule has 136 valence electrons. The molecule has 1 N–H and O–H groups in total. The number of aryl methyl sites for hydroxylation is 1. The van der Waals surface area contributed by atoms with Crippen LogP contribution in [0.25, 0.3) is 0 Å². The molecule has 2 fully saturated rings. The number of benzene rings is 1. The highest BCUT2D eigenvalue weighted by molar-refractivity contribution is 8.01. The van der Waals surface area contributed by atoms with Crippen LogP contribution in [0.15, 0.2) is 29.2 Å². The molecule has 1 aromatic rings. The summed E-state index contributed by atoms with van der Waals surface area (Å²) in [5.41, 5.74) is 1.21. The van der Waals surface area contributed by atoms with E-state index in [-0.39, 0.29) is 12.3 Å². The highest BCUT2D eigenvalue weighted by atomic mass is 32.2. The molecule has 1 atom stereocenters. The maximum Gasteiger partial charge on any atom is 0.306 e. The van der Waals surface area contributed by atoms with Crippen LogP contribution >= 0.6 is 11.8 Å². The molecule has 1 saturated heterocycles. The second kappa shape index (κ2) is 7.79. The first kappa shape index (κ1) is 18.3. The maximum absolute atomic E-state index is 13.3. The van der Waals surface area contributed by atoms with E-state index in [0.29, 0.717) is 19.7 Å². The van der Waals surface area contributed by atoms with Crippen molar-refractivity contribution in [2.75, 3.05) is 19.7 Å². The number of nitrogens with zero attached hydrogens (tertiary/aromatic N) is 1. The first-order valence-corrected chi connectivity index (χ1v) is 9.69. The number of thioether (sulfide) groups is 1. The van der Waals surface area contributed by atoms with E-state index in [0.717, 1.165) is 30.6 Å². The van der Waals surface area contributed by atoms with Crippen molar-refractivity contribution in [3.63, 3.8) is 0 Å². The Balaban J connectivity index is 1.74. The minimum Gasteiger partial charge on any atom is -0.481 e. The lowest BCUT2D eigenvalue weighted by atomic mass is 10.0. The fourth-order valence-electron chi connectivity index (χ4n) is 3.65. The summed E-state index contributed by atoms with van der Waals surface area (Å²) in [6, 6.07) is 8.32. The second-order valence-corrected chi connectivity index (χ2v) is 8.42. The van der Waals surface area contributed by atoms with Gasteiger partial charge in [-0.05, 0) is 31.9 Å². The van der Waals surface area contributed by atoms with Crippen LogP contribution in [0.1, 0.15) is 37.7 Å². The van der Waals surface area contributed by atoms with Crippen molar-refractivity contribution in [1.82, 2.24) is 4.90 Å². The highest BCUT2D eigenvalue weighted by Gasteiger charge is 2.45. The van der Waals surface area contributed by atoms with E-state index in [1.54, 1.807) is 11.8 Å². The van der Waals surface area contributed by atoms with E-state index < -0.39 is 16.8 Å². The Kier molecular flexibility index (Phi) is 5.69. The minimum absolute atomic E-state index is 0.0537. The van der Waals surface area contributed by atoms with Crippen LogP contribution in [-0.2, 0) is 14.3 Å². The van der Waals surface area contributed by atoms with Gasteiger partial charge in [0.2, 0.25) is 5.91 Å². The van der Waals surface area contributed by atoms with Crippen LogP contribution in [0.4, 0.5) is 0 Å². The number of rotatable bonds is 5. The summed E-state index contributed by atoms with van der Waals surface area (Å²) < 4.78 is 5.10. The first-order chi connectivity index (χ1) is 12.0. The molecular formula is C19H25NO4S. The molecule has 0 aromatic heterocycles. The second-order valence-electron chi connectivity index (χ2n) is 6.96. The van der Waals surface area contributed by atoms with E-state index >= 15 is 0 Å². The lowest BCUT2D eigenvalue weighted by Crippen LogP contribution is -2.52. The van der Waals surface area contributed by atoms with Crippen LogP contribution in [0.2, 0.25) is 0 Å². The van der Waals surface area contributed by atoms with Gasteiger partial charge in [-0.3, -0.25) is 9.59 Å². The van der Waals surface area contributed by atoms with Crippen LogP contribution in [-0.4, -0.2) is 52.4 Å². The summed E-state index contributed by atoms with van der Waals surface area (Å²) >= 11 is 1.68. The van der Waals surface area contributed by atoms with Gasteiger partial charge in [0.15, 0.2) is 0 Å². The number of aliphatic carboxylic acids is 1. The molecule has 0 bridgehead atoms. The van der Waals surface area contributed by atoms with Gasteiger partial charge in [0, 0.05) is 18.0 Å². The molecule has 1 aliphatic carbocycles. The molecule has 5 nitrogen and oxygen atoms in total. The summed E-state index contributed by atoms with van der Waals surface area (Å²) in [6.45, 7) is 3.39. The molecular weight excluding hydrogens is 338 g/mol. The number of carboxylic acid groups (broad SMARTS) is 1. The number of carboxylic acids is 1. The number of amides is 1. The zero-order valence-corrected chi connectivity index (χ0v) is 15.4. The largest absolute Gasteiger partial charge is 0.481 e. The van der Waals surface area contributed by atoms with Crippen LogP contribution in [0.5, 0.6) is 0 Å². The van der Waals surface area contributed by atoms with Gasteiger partial charge in [0.1, 0.15) is 0 Å². The maximum atomic E-state index is 13.3. The highest BCUT2D eigenvalue weighted by Crippen LogP contribution is 2.46. The van der Waals surface area contributed by atoms with Crippen molar-refractivity contribution in [1.29, 1.82) is 0 Å². The van der Waals surface area contributed by atoms with Gasteiger partial charge >= 0.3 is 5.97 Å². The number of hydrogen-bond acceptors (Lipinski definition) is 4. The summed E-state index contributed by atoms with van der Waals surface area (Å²) in [5.74, 6) is -0.738. The molecule has 0 spiro atoms. The van der Waals surface area contributed by atoms with Gasteiger partial charge in [0.25, 0.3) is 0 Å². The number of hydrogen-bond donors (Lipinski definition) is 1. The summed E-state index contributed by atoms with van der Waals surface area (Å²) in [6.07, 6.45) is 3.43. The molecule has 1 unspecified atom stereocenters. The van der Waals surface area contributed by atoms with Crippen molar-refractivity contribution in [3.05, 3.63) is 29.8 Å². The third-order valence-corrected chi connectivity index (χ3v) is 6.44. The van der Waals surface area contributed by atoms with Crippen LogP contribution in [0.3, 0.4) is 0 Å². The Morgan fingerprint density at radius 3 is 2.60 bits per heavy atom. The Hall–Kier alpha value is -1.53. The topological polar surface area (TPSA) is 66.8 Å². The Bertz CT molecular complexity index is 625. The molecule has 1 aliphatic heterocycles. The standard InChI is InChI=1S/C19H25NO4S/c1-14-4-6-16(7-5-14)25-19(8-2-3-9-19)18(23)20-10-11-24-15(13-20)12-17(21)22/h4-7,15H,2-3,8-13H2,1H3,(H,21,22). The van der Waals surface area contributed by atoms with E-state index in [1.165, 1.54) is 5.56 Å². The predicted molar refractivity (Wildman–Crippen MR) is 96.8 cm³/mol. The van der Waals surface area contributed by atoms with Crippen molar-refractivity contribution in [2.45, 2.75) is 54.8 Å². The Labute approximate surface area is 152 Å². The average Bonchev–Trinajstić information content (AvgIpc) is 3.06. The normalized spacial score (nSPS) is 22.8. The lowest BCUT2D eigenvalue weighted by molar-refractivity contribution is -0.148. The first-order valence-electron chi connectivity index (χ1n) is 8.87. The molecule has 1 heterocycles. The third-order valence-electron chi connectivity index (χ3n) is 4.96. The molecule has 2 aliphatic rings. The Morgan fingerprint density at radius 2 is 1.96 bits per heavy atom. The number of carbonyl (C=O) groups excluding carboxylic acids is 1. The summed E-state index contributed by atoms with van der Waals surface area (Å²) in [4.78, 5) is 27.2. The lowest BCUT2D eigenvalue weighted by Gasteiger charge is -2.38. The molecule has 6 heteroatoms. The average molecular weight is 363 g/mol. The smallest absolute Gasteiger partial charge is 0.306 e. The SMILES string of the molecule is Cc1ccc(SC2(C(=O)N3CCOC(CC(=O)O)C3)CCCC2)cc1. The molecule has 1 amide bonds. The number of morpholine rings is 1. The third kappa shape index (κ3) is 4.36. The predicted octanol–water partition coefficient (Wildman–Crippen LogP) is 3.10. The molecule has 1 aromatic carbocycles. The van der Waals surface area contributed by atoms with Gasteiger partial charge < -0.3 is 14.7 Å². The summed E-state index contributed by atoms with van der Waals surface area (Å²) in [5, 5.41) is 8.98. The Morgan fingerprint density at radius 1 is 1.28 bits per heavy atom. The molecule has 1 saturated carbocycles. The van der Waals surface area contributed by atoms with Crippen LogP contribution in [0, 0.1) is 6.92 Å². The quantitative estimate of drug-likeness (QED) is 0.871. The van der Waals surface area contributed by atoms with Crippen molar-refractivity contribution >= 4 is 23.6 Å². The van der Waals surface area contributed by atoms with Gasteiger partial charge in [0.05, 0.1) is 23.9 Å². The fraction of sp³-hybridized carbons (Fsp3) is 0.579. The van der Waals surface area contributed by atoms with Crippen molar-refractivity contribution in [2.24, 2.45) is 0 Å². The van der Waals surface area contributed by atoms with E-state index in [4.69, 9.17) is 9.84 Å². The van der Waals surface area contributed by atoms with E-state index in [1.807, 2.05) is 4.90 Å². The van der Waals surface area contributed by atoms with Gasteiger partial charge in [-0.2, -0.15) is 0 Å². The van der Waals surface area contributed by atoms with Gasteiger partial charge in [-0.25, -0.2) is 0 Å². The zero-order chi connectivity index (χ0) is 17.9. The molecule has 3 rings (SSSR count). The van der Waals surface area contributed by atoms with Crippen LogP contribution < -0.4 is 0 Å². The molecule has 25 heavy (non-hydrogen) atoms. The van der Waals surface area contributed by atoms with E-state index in [2.05, 4.69) is 31.2 Å². The number of carbonyl (C=O) groups is 2. The number of ether oxygens (including phenoxy) is 1. The molecule has 0 radical (unpaired) electrons. The van der Waals surface area contributed by atoms with Crippen molar-refractivity contribution in [3.8, 4) is 0 Å². The van der Waals surface area contributed by atoms with Gasteiger partial charge in [-0.1, -0.05) is 30.5 Å². The van der Waals surface area contributed by atoms with Crippen molar-refractivity contribution < 1.29 is 19.4 Å². The van der Waals surface area contributed by atoms with E-state index in [9.17, 15) is 9.59 Å². The van der Waals surface area contributed by atoms with Gasteiger partial charge in [-0.15, -0.1) is 11.8 Å². The zero-order valence-electron chi connectivity index (χ0n) is 14.6. The monoisotopic (exact) mass is 363 g/mol. The summed E-state index contributed by atoms with van der Waals surface area (Å²) in [7, 11) is 0.